The van der Waals surface area contributed by atoms with Gasteiger partial charge in [0.25, 0.3) is 5.78 Å². The number of nitrogens with one attached hydrogen (secondary N) is 3. The minimum Gasteiger partial charge on any atom is -0.369 e. The van der Waals surface area contributed by atoms with Crippen LogP contribution in [0.3, 0.4) is 0 Å². The molecule has 0 saturated carbocycles. The van der Waals surface area contributed by atoms with E-state index in [9.17, 15) is 0 Å². The third-order valence-corrected chi connectivity index (χ3v) is 6.26. The first-order chi connectivity index (χ1) is 12.7. The monoisotopic (exact) mass is 376 g/mol. The van der Waals surface area contributed by atoms with Gasteiger partial charge in [-0.3, -0.25) is 0 Å². The summed E-state index contributed by atoms with van der Waals surface area (Å²) in [6.07, 6.45) is 3.45. The van der Waals surface area contributed by atoms with Crippen molar-refractivity contribution in [2.75, 3.05) is 45.6 Å². The molecule has 3 aromatic heterocycles. The number of hydrogen-bond acceptors (Lipinski definition) is 6. The Labute approximate surface area is 157 Å². The number of hydrogen-bond donors (Lipinski definition) is 3. The van der Waals surface area contributed by atoms with Gasteiger partial charge in [-0.15, -0.1) is 11.3 Å². The molecule has 4 rings (SSSR count). The summed E-state index contributed by atoms with van der Waals surface area (Å²) in [5.41, 5.74) is 1.45. The van der Waals surface area contributed by atoms with Crippen LogP contribution in [0.5, 0.6) is 0 Å². The van der Waals surface area contributed by atoms with Gasteiger partial charge in [-0.05, 0) is 22.4 Å². The van der Waals surface area contributed by atoms with Crippen molar-refractivity contribution in [1.29, 1.82) is 0 Å². The molecule has 1 atom stereocenters. The van der Waals surface area contributed by atoms with Crippen molar-refractivity contribution in [2.24, 2.45) is 0 Å². The lowest BCUT2D eigenvalue weighted by molar-refractivity contribution is -0.915. The summed E-state index contributed by atoms with van der Waals surface area (Å²) in [7, 11) is 4.37. The lowest BCUT2D eigenvalue weighted by atomic mass is 10.0. The van der Waals surface area contributed by atoms with Crippen LogP contribution >= 0.6 is 11.3 Å². The zero-order valence-corrected chi connectivity index (χ0v) is 16.6. The van der Waals surface area contributed by atoms with E-state index in [-0.39, 0.29) is 0 Å². The highest BCUT2D eigenvalue weighted by atomic mass is 32.1. The zero-order valence-electron chi connectivity index (χ0n) is 15.8. The van der Waals surface area contributed by atoms with Gasteiger partial charge >= 0.3 is 0 Å². The molecule has 0 fully saturated rings. The Bertz CT molecular complexity index is 899. The second-order valence-electron chi connectivity index (χ2n) is 7.45. The lowest BCUT2D eigenvalue weighted by Gasteiger charge is -2.23. The molecule has 8 nitrogen and oxygen atoms in total. The van der Waals surface area contributed by atoms with Gasteiger partial charge in [0, 0.05) is 19.4 Å². The molecule has 3 N–H and O–H groups in total. The molecule has 0 radical (unpaired) electrons. The molecule has 140 valence electrons. The van der Waals surface area contributed by atoms with Gasteiger partial charge in [0.05, 0.1) is 44.0 Å². The minimum atomic E-state index is 0.578. The maximum Gasteiger partial charge on any atom is 0.276 e. The van der Waals surface area contributed by atoms with Crippen LogP contribution < -0.4 is 15.1 Å². The second kappa shape index (κ2) is 7.42. The van der Waals surface area contributed by atoms with Crippen LogP contribution in [0.2, 0.25) is 0 Å². The quantitative estimate of drug-likeness (QED) is 0.463. The maximum absolute atomic E-state index is 4.72. The molecular formula is C17H28N8S+2. The Morgan fingerprint density at radius 3 is 3.04 bits per heavy atom. The largest absolute Gasteiger partial charge is 0.369 e. The minimum absolute atomic E-state index is 0.578. The Morgan fingerprint density at radius 2 is 2.23 bits per heavy atom. The highest BCUT2D eigenvalue weighted by molar-refractivity contribution is 7.19. The van der Waals surface area contributed by atoms with Gasteiger partial charge in [-0.25, -0.2) is 0 Å². The fourth-order valence-corrected chi connectivity index (χ4v) is 5.16. The molecule has 1 aliphatic heterocycles. The third-order valence-electron chi connectivity index (χ3n) is 5.05. The topological polar surface area (TPSA) is 76.9 Å². The summed E-state index contributed by atoms with van der Waals surface area (Å²) in [4.78, 5) is 10.5. The predicted molar refractivity (Wildman–Crippen MR) is 103 cm³/mol. The Morgan fingerprint density at radius 1 is 1.35 bits per heavy atom. The molecule has 0 spiro atoms. The Balaban J connectivity index is 1.71. The van der Waals surface area contributed by atoms with Crippen LogP contribution in [-0.4, -0.2) is 65.3 Å². The first-order valence-electron chi connectivity index (χ1n) is 9.56. The molecular weight excluding hydrogens is 348 g/mol. The lowest BCUT2D eigenvalue weighted by Crippen LogP contribution is -3.11. The number of tetrazole rings is 1. The van der Waals surface area contributed by atoms with Gasteiger partial charge in [0.2, 0.25) is 0 Å². The summed E-state index contributed by atoms with van der Waals surface area (Å²) >= 11 is 1.84. The standard InChI is InChI=1S/C17H26N8S/c1-4-8-24-10-6-12-13(11-24)26-16-14(12)15(18-7-5-9-23(2)3)19-17-20-21-22-25(16)17/h4-11H2,1-3H3,(H,18,19,20,22)/p+2. The van der Waals surface area contributed by atoms with Crippen molar-refractivity contribution in [3.05, 3.63) is 10.4 Å². The number of fused-ring (bicyclic) bond motifs is 5. The van der Waals surface area contributed by atoms with Crippen molar-refractivity contribution < 1.29 is 9.80 Å². The van der Waals surface area contributed by atoms with Gasteiger partial charge in [-0.2, -0.15) is 9.50 Å². The van der Waals surface area contributed by atoms with E-state index < -0.39 is 0 Å². The summed E-state index contributed by atoms with van der Waals surface area (Å²) < 4.78 is 1.80. The average Bonchev–Trinajstić information content (AvgIpc) is 3.22. The molecule has 0 saturated heterocycles. The second-order valence-corrected chi connectivity index (χ2v) is 8.53. The molecule has 0 aliphatic carbocycles. The van der Waals surface area contributed by atoms with Crippen LogP contribution in [0.1, 0.15) is 30.2 Å². The fraction of sp³-hybridized carbons (Fsp3) is 0.647. The van der Waals surface area contributed by atoms with Crippen LogP contribution in [0.15, 0.2) is 0 Å². The molecule has 1 unspecified atom stereocenters. The van der Waals surface area contributed by atoms with Gasteiger partial charge in [0.15, 0.2) is 0 Å². The SMILES string of the molecule is CCC[NH+]1CCc2c(sc3c2c(NCCC[NH+](C)C)nc2nnnn23)C1. The number of rotatable bonds is 7. The van der Waals surface area contributed by atoms with E-state index in [1.807, 2.05) is 11.3 Å². The van der Waals surface area contributed by atoms with Crippen molar-refractivity contribution in [1.82, 2.24) is 25.0 Å². The summed E-state index contributed by atoms with van der Waals surface area (Å²) in [6, 6.07) is 0. The number of anilines is 1. The van der Waals surface area contributed by atoms with E-state index in [1.165, 1.54) is 40.2 Å². The smallest absolute Gasteiger partial charge is 0.276 e. The molecule has 1 aliphatic rings. The van der Waals surface area contributed by atoms with Crippen molar-refractivity contribution >= 4 is 33.1 Å². The maximum atomic E-state index is 4.72. The van der Waals surface area contributed by atoms with Gasteiger partial charge in [-0.1, -0.05) is 12.0 Å². The number of aromatic nitrogens is 5. The molecule has 0 bridgehead atoms. The van der Waals surface area contributed by atoms with Crippen LogP contribution in [0.25, 0.3) is 16.0 Å². The zero-order chi connectivity index (χ0) is 18.1. The average molecular weight is 377 g/mol. The first-order valence-corrected chi connectivity index (χ1v) is 10.4. The first kappa shape index (κ1) is 17.6. The summed E-state index contributed by atoms with van der Waals surface area (Å²) in [6.45, 7) is 7.87. The van der Waals surface area contributed by atoms with E-state index in [0.29, 0.717) is 5.78 Å². The molecule has 0 amide bonds. The highest BCUT2D eigenvalue weighted by Gasteiger charge is 2.27. The van der Waals surface area contributed by atoms with Gasteiger partial charge < -0.3 is 15.1 Å². The van der Waals surface area contributed by atoms with Crippen LogP contribution in [-0.2, 0) is 13.0 Å². The van der Waals surface area contributed by atoms with E-state index in [1.54, 1.807) is 9.42 Å². The van der Waals surface area contributed by atoms with E-state index in [0.717, 1.165) is 43.1 Å². The highest BCUT2D eigenvalue weighted by Crippen LogP contribution is 2.36. The summed E-state index contributed by atoms with van der Waals surface area (Å²) in [5.74, 6) is 1.53. The molecule has 9 heteroatoms. The third kappa shape index (κ3) is 3.26. The van der Waals surface area contributed by atoms with Gasteiger partial charge in [0.1, 0.15) is 17.2 Å². The van der Waals surface area contributed by atoms with Crippen LogP contribution in [0, 0.1) is 0 Å². The fourth-order valence-electron chi connectivity index (χ4n) is 3.80. The molecule has 26 heavy (non-hydrogen) atoms. The Hall–Kier alpha value is -1.84. The normalized spacial score (nSPS) is 17.3. The summed E-state index contributed by atoms with van der Waals surface area (Å²) in [5, 5.41) is 16.9. The van der Waals surface area contributed by atoms with Crippen LogP contribution in [0.4, 0.5) is 5.82 Å². The van der Waals surface area contributed by atoms with E-state index in [4.69, 9.17) is 4.98 Å². The van der Waals surface area contributed by atoms with E-state index in [2.05, 4.69) is 41.9 Å². The number of quaternary nitrogens is 2. The van der Waals surface area contributed by atoms with Crippen molar-refractivity contribution in [3.8, 4) is 0 Å². The van der Waals surface area contributed by atoms with Crippen molar-refractivity contribution in [3.63, 3.8) is 0 Å². The predicted octanol–water partition coefficient (Wildman–Crippen LogP) is -0.968. The molecule has 4 heterocycles. The van der Waals surface area contributed by atoms with E-state index >= 15 is 0 Å². The molecule has 0 aromatic carbocycles. The molecule has 3 aromatic rings. The van der Waals surface area contributed by atoms with Crippen molar-refractivity contribution in [2.45, 2.75) is 32.7 Å². The Kier molecular flexibility index (Phi) is 5.01. The number of nitrogens with zero attached hydrogens (tertiary/aromatic N) is 5. The number of thiophene rings is 1.